The summed E-state index contributed by atoms with van der Waals surface area (Å²) in [5.41, 5.74) is 1.43. The zero-order valence-electron chi connectivity index (χ0n) is 12.5. The first kappa shape index (κ1) is 15.0. The predicted octanol–water partition coefficient (Wildman–Crippen LogP) is 3.39. The third kappa shape index (κ3) is 5.50. The van der Waals surface area contributed by atoms with Crippen LogP contribution in [-0.2, 0) is 6.54 Å². The number of nitrogens with one attached hydrogen (secondary N) is 1. The molecule has 0 spiro atoms. The van der Waals surface area contributed by atoms with Crippen LogP contribution in [0.1, 0.15) is 46.7 Å². The zero-order chi connectivity index (χ0) is 13.8. The minimum Gasteiger partial charge on any atom is -0.481 e. The van der Waals surface area contributed by atoms with Crippen molar-refractivity contribution in [3.05, 3.63) is 23.9 Å². The van der Waals surface area contributed by atoms with E-state index in [4.69, 9.17) is 4.74 Å². The van der Waals surface area contributed by atoms with Gasteiger partial charge in [-0.1, -0.05) is 26.8 Å². The minimum atomic E-state index is 0.100. The van der Waals surface area contributed by atoms with Crippen molar-refractivity contribution in [1.82, 2.24) is 10.3 Å². The smallest absolute Gasteiger partial charge is 0.213 e. The van der Waals surface area contributed by atoms with Crippen molar-refractivity contribution in [3.63, 3.8) is 0 Å². The molecule has 1 aromatic rings. The molecule has 0 aliphatic carbocycles. The third-order valence-corrected chi connectivity index (χ3v) is 2.71. The van der Waals surface area contributed by atoms with Crippen LogP contribution in [0.15, 0.2) is 18.2 Å². The van der Waals surface area contributed by atoms with E-state index in [-0.39, 0.29) is 5.54 Å². The summed E-state index contributed by atoms with van der Waals surface area (Å²) < 4.78 is 5.13. The molecular formula is C15H26N2O. The lowest BCUT2D eigenvalue weighted by Gasteiger charge is -2.33. The second-order valence-corrected chi connectivity index (χ2v) is 6.65. The van der Waals surface area contributed by atoms with E-state index in [1.807, 2.05) is 18.2 Å². The highest BCUT2D eigenvalue weighted by molar-refractivity contribution is 5.15. The van der Waals surface area contributed by atoms with E-state index >= 15 is 0 Å². The number of aromatic nitrogens is 1. The van der Waals surface area contributed by atoms with Crippen LogP contribution in [0, 0.1) is 5.41 Å². The molecule has 0 aliphatic heterocycles. The number of hydrogen-bond acceptors (Lipinski definition) is 3. The van der Waals surface area contributed by atoms with E-state index in [0.717, 1.165) is 18.7 Å². The van der Waals surface area contributed by atoms with Crippen LogP contribution in [0.3, 0.4) is 0 Å². The van der Waals surface area contributed by atoms with Gasteiger partial charge in [0.05, 0.1) is 12.8 Å². The topological polar surface area (TPSA) is 34.1 Å². The Morgan fingerprint density at radius 3 is 2.39 bits per heavy atom. The monoisotopic (exact) mass is 250 g/mol. The van der Waals surface area contributed by atoms with Gasteiger partial charge in [-0.2, -0.15) is 0 Å². The van der Waals surface area contributed by atoms with Crippen molar-refractivity contribution >= 4 is 0 Å². The second-order valence-electron chi connectivity index (χ2n) is 6.65. The lowest BCUT2D eigenvalue weighted by atomic mass is 9.82. The SMILES string of the molecule is COc1cccc(CNC(C)(C)CC(C)(C)C)n1. The second kappa shape index (κ2) is 5.70. The summed E-state index contributed by atoms with van der Waals surface area (Å²) in [5, 5.41) is 3.57. The highest BCUT2D eigenvalue weighted by Gasteiger charge is 2.24. The third-order valence-electron chi connectivity index (χ3n) is 2.71. The van der Waals surface area contributed by atoms with E-state index in [1.165, 1.54) is 0 Å². The van der Waals surface area contributed by atoms with Gasteiger partial charge in [0, 0.05) is 18.2 Å². The molecule has 1 heterocycles. The molecule has 18 heavy (non-hydrogen) atoms. The maximum absolute atomic E-state index is 5.13. The van der Waals surface area contributed by atoms with Gasteiger partial charge in [-0.05, 0) is 31.7 Å². The van der Waals surface area contributed by atoms with Crippen molar-refractivity contribution in [2.45, 2.75) is 53.1 Å². The molecule has 1 N–H and O–H groups in total. The summed E-state index contributed by atoms with van der Waals surface area (Å²) in [6.07, 6.45) is 1.12. The molecule has 0 saturated heterocycles. The molecule has 0 amide bonds. The van der Waals surface area contributed by atoms with Gasteiger partial charge in [0.15, 0.2) is 0 Å². The number of hydrogen-bond donors (Lipinski definition) is 1. The molecule has 0 unspecified atom stereocenters. The molecule has 1 aromatic heterocycles. The molecular weight excluding hydrogens is 224 g/mol. The lowest BCUT2D eigenvalue weighted by Crippen LogP contribution is -2.42. The fraction of sp³-hybridized carbons (Fsp3) is 0.667. The fourth-order valence-electron chi connectivity index (χ4n) is 2.39. The van der Waals surface area contributed by atoms with E-state index in [2.05, 4.69) is 44.9 Å². The molecule has 0 fully saturated rings. The van der Waals surface area contributed by atoms with Crippen LogP contribution in [0.5, 0.6) is 5.88 Å². The molecule has 0 bridgehead atoms. The van der Waals surface area contributed by atoms with Gasteiger partial charge in [0.25, 0.3) is 0 Å². The van der Waals surface area contributed by atoms with E-state index < -0.39 is 0 Å². The average Bonchev–Trinajstić information content (AvgIpc) is 2.24. The fourth-order valence-corrected chi connectivity index (χ4v) is 2.39. The molecule has 0 atom stereocenters. The summed E-state index contributed by atoms with van der Waals surface area (Å²) in [7, 11) is 1.64. The van der Waals surface area contributed by atoms with Gasteiger partial charge < -0.3 is 10.1 Å². The van der Waals surface area contributed by atoms with Gasteiger partial charge in [-0.3, -0.25) is 0 Å². The van der Waals surface area contributed by atoms with Crippen molar-refractivity contribution in [1.29, 1.82) is 0 Å². The summed E-state index contributed by atoms with van der Waals surface area (Å²) in [5.74, 6) is 0.669. The average molecular weight is 250 g/mol. The molecule has 0 radical (unpaired) electrons. The minimum absolute atomic E-state index is 0.100. The molecule has 3 nitrogen and oxygen atoms in total. The Balaban J connectivity index is 2.58. The maximum Gasteiger partial charge on any atom is 0.213 e. The van der Waals surface area contributed by atoms with Crippen molar-refractivity contribution in [2.24, 2.45) is 5.41 Å². The Bertz CT molecular complexity index is 380. The number of pyridine rings is 1. The number of rotatable bonds is 5. The van der Waals surface area contributed by atoms with Gasteiger partial charge in [0.2, 0.25) is 5.88 Å². The Hall–Kier alpha value is -1.09. The van der Waals surface area contributed by atoms with E-state index in [9.17, 15) is 0 Å². The molecule has 0 aromatic carbocycles. The van der Waals surface area contributed by atoms with Gasteiger partial charge in [-0.25, -0.2) is 4.98 Å². The molecule has 0 saturated carbocycles. The van der Waals surface area contributed by atoms with Gasteiger partial charge >= 0.3 is 0 Å². The van der Waals surface area contributed by atoms with Crippen LogP contribution in [0.4, 0.5) is 0 Å². The van der Waals surface area contributed by atoms with Crippen molar-refractivity contribution in [3.8, 4) is 5.88 Å². The normalized spacial score (nSPS) is 12.6. The Morgan fingerprint density at radius 2 is 1.83 bits per heavy atom. The summed E-state index contributed by atoms with van der Waals surface area (Å²) in [6.45, 7) is 12.0. The van der Waals surface area contributed by atoms with E-state index in [0.29, 0.717) is 11.3 Å². The van der Waals surface area contributed by atoms with Crippen LogP contribution in [0.25, 0.3) is 0 Å². The molecule has 3 heteroatoms. The number of nitrogens with zero attached hydrogens (tertiary/aromatic N) is 1. The van der Waals surface area contributed by atoms with Gasteiger partial charge in [-0.15, -0.1) is 0 Å². The first-order valence-electron chi connectivity index (χ1n) is 6.47. The lowest BCUT2D eigenvalue weighted by molar-refractivity contribution is 0.240. The van der Waals surface area contributed by atoms with Crippen molar-refractivity contribution < 1.29 is 4.74 Å². The summed E-state index contributed by atoms with van der Waals surface area (Å²) in [6, 6.07) is 5.85. The Kier molecular flexibility index (Phi) is 4.74. The number of ether oxygens (including phenoxy) is 1. The van der Waals surface area contributed by atoms with Crippen LogP contribution in [0.2, 0.25) is 0 Å². The van der Waals surface area contributed by atoms with E-state index in [1.54, 1.807) is 7.11 Å². The highest BCUT2D eigenvalue weighted by Crippen LogP contribution is 2.26. The number of methoxy groups -OCH3 is 1. The highest BCUT2D eigenvalue weighted by atomic mass is 16.5. The Labute approximate surface area is 111 Å². The first-order valence-corrected chi connectivity index (χ1v) is 6.47. The zero-order valence-corrected chi connectivity index (χ0v) is 12.5. The summed E-state index contributed by atoms with van der Waals surface area (Å²) >= 11 is 0. The van der Waals surface area contributed by atoms with Crippen molar-refractivity contribution in [2.75, 3.05) is 7.11 Å². The van der Waals surface area contributed by atoms with Crippen LogP contribution in [-0.4, -0.2) is 17.6 Å². The molecule has 102 valence electrons. The largest absolute Gasteiger partial charge is 0.481 e. The molecule has 0 aliphatic rings. The first-order chi connectivity index (χ1) is 8.22. The van der Waals surface area contributed by atoms with Crippen LogP contribution >= 0.6 is 0 Å². The maximum atomic E-state index is 5.13. The summed E-state index contributed by atoms with van der Waals surface area (Å²) in [4.78, 5) is 4.41. The molecule has 1 rings (SSSR count). The standard InChI is InChI=1S/C15H26N2O/c1-14(2,3)11-15(4,5)16-10-12-8-7-9-13(17-12)18-6/h7-9,16H,10-11H2,1-6H3. The Morgan fingerprint density at radius 1 is 1.17 bits per heavy atom. The quantitative estimate of drug-likeness (QED) is 0.869. The predicted molar refractivity (Wildman–Crippen MR) is 75.8 cm³/mol. The van der Waals surface area contributed by atoms with Crippen LogP contribution < -0.4 is 10.1 Å². The van der Waals surface area contributed by atoms with Gasteiger partial charge in [0.1, 0.15) is 0 Å².